The smallest absolute Gasteiger partial charge is 0.317 e. The molecule has 3 saturated carbocycles. The second-order valence-corrected chi connectivity index (χ2v) is 10.5. The van der Waals surface area contributed by atoms with Gasteiger partial charge in [0.05, 0.1) is 0 Å². The van der Waals surface area contributed by atoms with Crippen molar-refractivity contribution in [3.05, 3.63) is 11.6 Å². The number of alkyl halides is 1. The number of rotatable bonds is 3. The molecule has 28 heavy (non-hydrogen) atoms. The van der Waals surface area contributed by atoms with Crippen LogP contribution in [-0.4, -0.2) is 28.5 Å². The van der Waals surface area contributed by atoms with E-state index in [1.54, 1.807) is 6.92 Å². The van der Waals surface area contributed by atoms with Gasteiger partial charge in [-0.25, -0.2) is 0 Å². The normalized spacial score (nSPS) is 44.8. The summed E-state index contributed by atoms with van der Waals surface area (Å²) in [6.07, 6.45) is 9.16. The Kier molecular flexibility index (Phi) is 4.92. The van der Waals surface area contributed by atoms with Crippen molar-refractivity contribution < 1.29 is 19.1 Å². The number of Topliss-reactive ketones (excluding diaryl/α,β-unsaturated/α-hetero) is 1. The Bertz CT molecular complexity index is 758. The maximum absolute atomic E-state index is 12.8. The molecule has 3 fully saturated rings. The Morgan fingerprint density at radius 3 is 2.50 bits per heavy atom. The predicted molar refractivity (Wildman–Crippen MR) is 110 cm³/mol. The highest BCUT2D eigenvalue weighted by molar-refractivity contribution is 9.09. The van der Waals surface area contributed by atoms with Crippen LogP contribution in [0.5, 0.6) is 0 Å². The quantitative estimate of drug-likeness (QED) is 0.458. The third-order valence-electron chi connectivity index (χ3n) is 9.05. The highest BCUT2D eigenvalue weighted by Crippen LogP contribution is 2.68. The molecule has 0 aromatic rings. The first-order valence-corrected chi connectivity index (χ1v) is 11.8. The summed E-state index contributed by atoms with van der Waals surface area (Å²) in [5.41, 5.74) is 0.203. The molecule has 0 unspecified atom stereocenters. The molecule has 4 aliphatic rings. The van der Waals surface area contributed by atoms with Crippen LogP contribution in [0.3, 0.4) is 0 Å². The Morgan fingerprint density at radius 2 is 1.82 bits per heavy atom. The number of hydrogen-bond acceptors (Lipinski definition) is 4. The van der Waals surface area contributed by atoms with Crippen molar-refractivity contribution in [1.29, 1.82) is 0 Å². The molecule has 0 aromatic heterocycles. The zero-order valence-electron chi connectivity index (χ0n) is 17.2. The van der Waals surface area contributed by atoms with E-state index < -0.39 is 5.60 Å². The van der Waals surface area contributed by atoms with Gasteiger partial charge in [0.25, 0.3) is 0 Å². The minimum atomic E-state index is -0.979. The molecule has 0 heterocycles. The molecule has 154 valence electrons. The summed E-state index contributed by atoms with van der Waals surface area (Å²) in [6, 6.07) is 0. The molecule has 0 aromatic carbocycles. The third kappa shape index (κ3) is 2.64. The van der Waals surface area contributed by atoms with Gasteiger partial charge in [-0.1, -0.05) is 35.4 Å². The lowest BCUT2D eigenvalue weighted by Crippen LogP contribution is -2.58. The second-order valence-electron chi connectivity index (χ2n) is 9.95. The summed E-state index contributed by atoms with van der Waals surface area (Å²) in [4.78, 5) is 37.0. The molecule has 4 rings (SSSR count). The number of ether oxygens (including phenoxy) is 1. The van der Waals surface area contributed by atoms with Gasteiger partial charge in [0.15, 0.2) is 17.2 Å². The summed E-state index contributed by atoms with van der Waals surface area (Å²) < 4.78 is 5.92. The maximum atomic E-state index is 12.8. The van der Waals surface area contributed by atoms with Crippen LogP contribution in [0.1, 0.15) is 72.1 Å². The number of carbonyl (C=O) groups excluding carboxylic acids is 3. The molecule has 0 radical (unpaired) electrons. The predicted octanol–water partition coefficient (Wildman–Crippen LogP) is 4.78. The van der Waals surface area contributed by atoms with E-state index in [2.05, 4.69) is 29.8 Å². The molecule has 4 aliphatic carbocycles. The number of carbonyl (C=O) groups is 3. The van der Waals surface area contributed by atoms with Crippen molar-refractivity contribution in [2.24, 2.45) is 28.6 Å². The monoisotopic (exact) mass is 450 g/mol. The number of esters is 1. The number of allylic oxidation sites excluding steroid dienone is 1. The molecule has 0 bridgehead atoms. The average Bonchev–Trinajstić information content (AvgIpc) is 2.95. The minimum absolute atomic E-state index is 0.00359. The van der Waals surface area contributed by atoms with Crippen LogP contribution in [-0.2, 0) is 19.1 Å². The number of fused-ring (bicyclic) bond motifs is 5. The van der Waals surface area contributed by atoms with E-state index in [0.717, 1.165) is 38.5 Å². The fourth-order valence-electron chi connectivity index (χ4n) is 7.60. The van der Waals surface area contributed by atoms with Gasteiger partial charge in [-0.15, -0.1) is 0 Å². The summed E-state index contributed by atoms with van der Waals surface area (Å²) in [7, 11) is 0. The van der Waals surface area contributed by atoms with E-state index in [9.17, 15) is 14.4 Å². The molecule has 0 aliphatic heterocycles. The van der Waals surface area contributed by atoms with Gasteiger partial charge in [0.1, 0.15) is 5.33 Å². The standard InChI is InChI=1S/C23H31BrO4/c1-14(25)23(28-20(27)13-24)11-8-19-17-5-4-15-12-16(26)6-9-21(15,2)18(17)7-10-22(19,23)3/h12,17-19H,4-11,13H2,1-3H3/t17-,18+,19+,21+,22+,23+/m1/s1. The van der Waals surface area contributed by atoms with E-state index >= 15 is 0 Å². The summed E-state index contributed by atoms with van der Waals surface area (Å²) in [6.45, 7) is 6.15. The molecule has 0 amide bonds. The van der Waals surface area contributed by atoms with Crippen LogP contribution >= 0.6 is 15.9 Å². The van der Waals surface area contributed by atoms with Crippen molar-refractivity contribution in [3.63, 3.8) is 0 Å². The lowest BCUT2D eigenvalue weighted by molar-refractivity contribution is -0.186. The fourth-order valence-corrected chi connectivity index (χ4v) is 7.71. The molecule has 4 nitrogen and oxygen atoms in total. The van der Waals surface area contributed by atoms with Crippen LogP contribution in [0.2, 0.25) is 0 Å². The highest BCUT2D eigenvalue weighted by Gasteiger charge is 2.67. The Morgan fingerprint density at radius 1 is 1.11 bits per heavy atom. The first-order chi connectivity index (χ1) is 13.2. The van der Waals surface area contributed by atoms with Crippen LogP contribution in [0.4, 0.5) is 0 Å². The van der Waals surface area contributed by atoms with Gasteiger partial charge in [0, 0.05) is 11.8 Å². The SMILES string of the molecule is CC(=O)[C@@]1(OC(=O)CBr)CC[C@H]2[C@@H]3CCC4=CC(=O)CC[C@]4(C)[C@H]3CC[C@@]21C. The molecule has 0 spiro atoms. The third-order valence-corrected chi connectivity index (χ3v) is 9.51. The fraction of sp³-hybridized carbons (Fsp3) is 0.783. The van der Waals surface area contributed by atoms with Gasteiger partial charge in [-0.3, -0.25) is 14.4 Å². The molecule has 6 atom stereocenters. The first kappa shape index (κ1) is 20.3. The molecular formula is C23H31BrO4. The van der Waals surface area contributed by atoms with Crippen LogP contribution in [0.25, 0.3) is 0 Å². The number of halogens is 1. The Labute approximate surface area is 176 Å². The molecule has 0 saturated heterocycles. The van der Waals surface area contributed by atoms with Crippen molar-refractivity contribution in [3.8, 4) is 0 Å². The van der Waals surface area contributed by atoms with Gasteiger partial charge >= 0.3 is 5.97 Å². The summed E-state index contributed by atoms with van der Waals surface area (Å²) in [5.74, 6) is 1.44. The molecule has 5 heteroatoms. The van der Waals surface area contributed by atoms with Crippen molar-refractivity contribution in [2.45, 2.75) is 77.7 Å². The largest absolute Gasteiger partial charge is 0.450 e. The van der Waals surface area contributed by atoms with Gasteiger partial charge in [-0.2, -0.15) is 0 Å². The lowest BCUT2D eigenvalue weighted by Gasteiger charge is -2.59. The van der Waals surface area contributed by atoms with Crippen LogP contribution in [0, 0.1) is 28.6 Å². The maximum Gasteiger partial charge on any atom is 0.317 e. The lowest BCUT2D eigenvalue weighted by atomic mass is 9.46. The van der Waals surface area contributed by atoms with E-state index in [1.165, 1.54) is 5.57 Å². The highest BCUT2D eigenvalue weighted by atomic mass is 79.9. The zero-order chi connectivity index (χ0) is 20.3. The van der Waals surface area contributed by atoms with Crippen molar-refractivity contribution in [2.75, 3.05) is 5.33 Å². The van der Waals surface area contributed by atoms with Crippen LogP contribution in [0.15, 0.2) is 11.6 Å². The van der Waals surface area contributed by atoms with Gasteiger partial charge < -0.3 is 4.74 Å². The summed E-state index contributed by atoms with van der Waals surface area (Å²) in [5, 5.41) is 0.120. The second kappa shape index (κ2) is 6.78. The number of ketones is 2. The Hall–Kier alpha value is -0.970. The van der Waals surface area contributed by atoms with E-state index in [-0.39, 0.29) is 33.7 Å². The van der Waals surface area contributed by atoms with Crippen LogP contribution < -0.4 is 0 Å². The van der Waals surface area contributed by atoms with E-state index in [1.807, 2.05) is 6.08 Å². The Balaban J connectivity index is 1.69. The molecule has 0 N–H and O–H groups in total. The summed E-state index contributed by atoms with van der Waals surface area (Å²) >= 11 is 3.19. The average molecular weight is 451 g/mol. The van der Waals surface area contributed by atoms with E-state index in [0.29, 0.717) is 30.6 Å². The first-order valence-electron chi connectivity index (χ1n) is 10.7. The molecular weight excluding hydrogens is 420 g/mol. The zero-order valence-corrected chi connectivity index (χ0v) is 18.8. The van der Waals surface area contributed by atoms with Crippen molar-refractivity contribution >= 4 is 33.5 Å². The van der Waals surface area contributed by atoms with Gasteiger partial charge in [0.2, 0.25) is 0 Å². The number of hydrogen-bond donors (Lipinski definition) is 0. The van der Waals surface area contributed by atoms with Crippen molar-refractivity contribution in [1.82, 2.24) is 0 Å². The van der Waals surface area contributed by atoms with Gasteiger partial charge in [-0.05, 0) is 81.1 Å². The topological polar surface area (TPSA) is 60.4 Å². The minimum Gasteiger partial charge on any atom is -0.450 e. The van der Waals surface area contributed by atoms with E-state index in [4.69, 9.17) is 4.74 Å².